The number of aromatic amines is 1. The van der Waals surface area contributed by atoms with Gasteiger partial charge in [0.25, 0.3) is 11.5 Å². The number of benzene rings is 1. The molecular weight excluding hydrogens is 473 g/mol. The highest BCUT2D eigenvalue weighted by molar-refractivity contribution is 6.83. The molecule has 0 aliphatic heterocycles. The first-order chi connectivity index (χ1) is 14.6. The first-order valence-corrected chi connectivity index (χ1v) is 9.99. The molecule has 0 bridgehead atoms. The van der Waals surface area contributed by atoms with Crippen molar-refractivity contribution in [1.82, 2.24) is 15.5 Å². The Hall–Kier alpha value is -2.82. The van der Waals surface area contributed by atoms with Crippen LogP contribution in [0.25, 0.3) is 0 Å². The summed E-state index contributed by atoms with van der Waals surface area (Å²) in [5, 5.41) is 11.3. The minimum Gasteiger partial charge on any atom is -0.450 e. The second-order valence-electron chi connectivity index (χ2n) is 6.21. The summed E-state index contributed by atoms with van der Waals surface area (Å²) in [6.45, 7) is 5.38. The van der Waals surface area contributed by atoms with Crippen molar-refractivity contribution in [3.63, 3.8) is 0 Å². The lowest BCUT2D eigenvalue weighted by Gasteiger charge is -2.12. The Balaban J connectivity index is 2.15. The normalized spacial score (nSPS) is 11.3. The summed E-state index contributed by atoms with van der Waals surface area (Å²) >= 11 is 18.2. The molecule has 0 radical (unpaired) electrons. The van der Waals surface area contributed by atoms with E-state index in [2.05, 4.69) is 25.5 Å². The van der Waals surface area contributed by atoms with Crippen LogP contribution in [0.5, 0.6) is 11.6 Å². The first-order valence-electron chi connectivity index (χ1n) is 8.86. The van der Waals surface area contributed by atoms with E-state index in [1.165, 1.54) is 18.2 Å². The zero-order valence-electron chi connectivity index (χ0n) is 16.6. The fourth-order valence-electron chi connectivity index (χ4n) is 2.18. The third kappa shape index (κ3) is 6.84. The van der Waals surface area contributed by atoms with Crippen LogP contribution in [0.1, 0.15) is 32.3 Å². The van der Waals surface area contributed by atoms with E-state index in [-0.39, 0.29) is 45.4 Å². The third-order valence-electron chi connectivity index (χ3n) is 3.60. The van der Waals surface area contributed by atoms with Gasteiger partial charge in [-0.15, -0.1) is 5.10 Å². The van der Waals surface area contributed by atoms with Gasteiger partial charge in [0, 0.05) is 11.6 Å². The molecule has 1 heterocycles. The van der Waals surface area contributed by atoms with Crippen molar-refractivity contribution in [3.05, 3.63) is 44.2 Å². The van der Waals surface area contributed by atoms with Gasteiger partial charge < -0.3 is 9.47 Å². The van der Waals surface area contributed by atoms with Gasteiger partial charge in [-0.05, 0) is 25.0 Å². The van der Waals surface area contributed by atoms with Crippen LogP contribution in [0.4, 0.5) is 10.5 Å². The number of rotatable bonds is 7. The molecule has 166 valence electrons. The highest BCUT2D eigenvalue weighted by Crippen LogP contribution is 2.38. The fraction of sp³-hybridized carbons (Fsp3) is 0.278. The summed E-state index contributed by atoms with van der Waals surface area (Å²) in [5.41, 5.74) is 2.94. The van der Waals surface area contributed by atoms with Crippen LogP contribution in [0.3, 0.4) is 0 Å². The Morgan fingerprint density at radius 3 is 2.45 bits per heavy atom. The largest absolute Gasteiger partial charge is 0.450 e. The molecule has 0 fully saturated rings. The smallest absolute Gasteiger partial charge is 0.414 e. The van der Waals surface area contributed by atoms with Crippen LogP contribution in [-0.2, 0) is 9.53 Å². The van der Waals surface area contributed by atoms with E-state index in [1.54, 1.807) is 6.92 Å². The molecule has 3 N–H and O–H groups in total. The van der Waals surface area contributed by atoms with E-state index < -0.39 is 17.2 Å². The molecular formula is C18H18Cl3N5O5. The Morgan fingerprint density at radius 1 is 1.23 bits per heavy atom. The van der Waals surface area contributed by atoms with Crippen molar-refractivity contribution >= 4 is 57.7 Å². The van der Waals surface area contributed by atoms with Crippen LogP contribution in [0.2, 0.25) is 10.0 Å². The minimum atomic E-state index is -0.963. The summed E-state index contributed by atoms with van der Waals surface area (Å²) in [6.07, 6.45) is -0.954. The molecule has 0 aliphatic carbocycles. The highest BCUT2D eigenvalue weighted by Gasteiger charge is 2.16. The number of imide groups is 1. The first kappa shape index (κ1) is 24.4. The molecule has 0 spiro atoms. The maximum Gasteiger partial charge on any atom is 0.414 e. The van der Waals surface area contributed by atoms with Crippen LogP contribution < -0.4 is 21.0 Å². The molecule has 2 rings (SSSR count). The quantitative estimate of drug-likeness (QED) is 0.390. The van der Waals surface area contributed by atoms with E-state index in [0.717, 1.165) is 0 Å². The molecule has 0 saturated heterocycles. The number of aromatic nitrogens is 2. The number of carbonyl (C=O) groups excluding carboxylic acids is 2. The number of alkyl carbamates (subject to hydrolysis) is 1. The molecule has 0 saturated carbocycles. The summed E-state index contributed by atoms with van der Waals surface area (Å²) in [6, 6.07) is 4.32. The predicted octanol–water partition coefficient (Wildman–Crippen LogP) is 4.23. The van der Waals surface area contributed by atoms with Crippen LogP contribution >= 0.6 is 34.8 Å². The standard InChI is InChI=1S/C18H18Cl3N5O5/c1-4-30-18(29)22-17(28)15(21)25-23-9-5-11(19)14(12(20)6-9)31-13-7-10(8(2)3)16(27)26-24-13/h5-8,23H,4H2,1-3H3,(H,26,27)(H,22,28,29)/b25-15+. The van der Waals surface area contributed by atoms with Crippen molar-refractivity contribution in [1.29, 1.82) is 0 Å². The maximum atomic E-state index is 11.8. The van der Waals surface area contributed by atoms with E-state index in [4.69, 9.17) is 39.5 Å². The van der Waals surface area contributed by atoms with Crippen molar-refractivity contribution in [3.8, 4) is 11.6 Å². The Morgan fingerprint density at radius 2 is 1.87 bits per heavy atom. The number of ether oxygens (including phenoxy) is 2. The Bertz CT molecular complexity index is 1050. The number of anilines is 1. The van der Waals surface area contributed by atoms with Gasteiger partial charge in [0.1, 0.15) is 0 Å². The lowest BCUT2D eigenvalue weighted by molar-refractivity contribution is -0.114. The number of H-pyrrole nitrogens is 1. The van der Waals surface area contributed by atoms with Gasteiger partial charge in [-0.2, -0.15) is 5.10 Å². The van der Waals surface area contributed by atoms with E-state index in [0.29, 0.717) is 5.56 Å². The fourth-order valence-corrected chi connectivity index (χ4v) is 2.84. The topological polar surface area (TPSA) is 135 Å². The third-order valence-corrected chi connectivity index (χ3v) is 4.41. The van der Waals surface area contributed by atoms with Gasteiger partial charge >= 0.3 is 6.09 Å². The molecule has 13 heteroatoms. The number of hydrogen-bond donors (Lipinski definition) is 3. The zero-order chi connectivity index (χ0) is 23.1. The SMILES string of the molecule is CCOC(=O)NC(=O)/C(Cl)=N\Nc1cc(Cl)c(Oc2cc(C(C)C)c(=O)[nH]n2)c(Cl)c1. The Kier molecular flexibility index (Phi) is 8.66. The predicted molar refractivity (Wildman–Crippen MR) is 118 cm³/mol. The van der Waals surface area contributed by atoms with E-state index in [9.17, 15) is 14.4 Å². The number of carbonyl (C=O) groups is 2. The van der Waals surface area contributed by atoms with Gasteiger partial charge in [0.15, 0.2) is 5.75 Å². The molecule has 0 aliphatic rings. The summed E-state index contributed by atoms with van der Waals surface area (Å²) in [5.74, 6) is -0.812. The molecule has 1 aromatic carbocycles. The van der Waals surface area contributed by atoms with Gasteiger partial charge in [0.2, 0.25) is 11.1 Å². The number of amides is 2. The molecule has 2 aromatic rings. The van der Waals surface area contributed by atoms with Gasteiger partial charge in [0.05, 0.1) is 22.3 Å². The maximum absolute atomic E-state index is 11.8. The van der Waals surface area contributed by atoms with E-state index >= 15 is 0 Å². The van der Waals surface area contributed by atoms with Gasteiger partial charge in [-0.1, -0.05) is 48.7 Å². The average Bonchev–Trinajstić information content (AvgIpc) is 2.69. The zero-order valence-corrected chi connectivity index (χ0v) is 18.9. The number of halogens is 3. The number of nitrogens with one attached hydrogen (secondary N) is 3. The second kappa shape index (κ2) is 11.0. The second-order valence-corrected chi connectivity index (χ2v) is 7.38. The molecule has 0 unspecified atom stereocenters. The number of hydrogen-bond acceptors (Lipinski definition) is 8. The number of nitrogens with zero attached hydrogens (tertiary/aromatic N) is 2. The van der Waals surface area contributed by atoms with Crippen LogP contribution in [0.15, 0.2) is 28.1 Å². The van der Waals surface area contributed by atoms with Crippen molar-refractivity contribution in [2.24, 2.45) is 5.10 Å². The summed E-state index contributed by atoms with van der Waals surface area (Å²) < 4.78 is 10.2. The molecule has 10 nitrogen and oxygen atoms in total. The summed E-state index contributed by atoms with van der Waals surface area (Å²) in [4.78, 5) is 34.7. The average molecular weight is 491 g/mol. The van der Waals surface area contributed by atoms with Crippen molar-refractivity contribution in [2.45, 2.75) is 26.7 Å². The van der Waals surface area contributed by atoms with E-state index in [1.807, 2.05) is 19.2 Å². The van der Waals surface area contributed by atoms with Gasteiger partial charge in [-0.25, -0.2) is 9.89 Å². The summed E-state index contributed by atoms with van der Waals surface area (Å²) in [7, 11) is 0. The van der Waals surface area contributed by atoms with Crippen LogP contribution in [0, 0.1) is 0 Å². The highest BCUT2D eigenvalue weighted by atomic mass is 35.5. The Labute approximate surface area is 191 Å². The molecule has 31 heavy (non-hydrogen) atoms. The molecule has 2 amide bonds. The minimum absolute atomic E-state index is 0.0461. The monoisotopic (exact) mass is 489 g/mol. The number of hydrazone groups is 1. The van der Waals surface area contributed by atoms with Crippen molar-refractivity contribution in [2.75, 3.05) is 12.0 Å². The van der Waals surface area contributed by atoms with Crippen LogP contribution in [-0.4, -0.2) is 34.0 Å². The lowest BCUT2D eigenvalue weighted by Crippen LogP contribution is -2.34. The molecule has 0 atom stereocenters. The van der Waals surface area contributed by atoms with Gasteiger partial charge in [-0.3, -0.25) is 20.3 Å². The van der Waals surface area contributed by atoms with Crippen molar-refractivity contribution < 1.29 is 19.1 Å². The lowest BCUT2D eigenvalue weighted by atomic mass is 10.1. The molecule has 1 aromatic heterocycles.